The number of hydrogen-bond donors (Lipinski definition) is 1. The molecule has 0 unspecified atom stereocenters. The van der Waals surface area contributed by atoms with Crippen molar-refractivity contribution in [2.24, 2.45) is 0 Å². The van der Waals surface area contributed by atoms with Crippen molar-refractivity contribution in [2.75, 3.05) is 5.73 Å². The molecule has 0 amide bonds. The molecule has 0 spiro atoms. The van der Waals surface area contributed by atoms with Crippen LogP contribution in [0.5, 0.6) is 11.6 Å². The van der Waals surface area contributed by atoms with E-state index in [1.54, 1.807) is 30.3 Å². The van der Waals surface area contributed by atoms with Gasteiger partial charge in [0.05, 0.1) is 4.47 Å². The maximum Gasteiger partial charge on any atom is 0.237 e. The Bertz CT molecular complexity index is 635. The molecule has 1 aromatic carbocycles. The molecule has 0 aliphatic carbocycles. The van der Waals surface area contributed by atoms with Crippen LogP contribution >= 0.6 is 15.9 Å². The third-order valence-corrected chi connectivity index (χ3v) is 2.94. The van der Waals surface area contributed by atoms with E-state index in [-0.39, 0.29) is 5.88 Å². The van der Waals surface area contributed by atoms with Gasteiger partial charge in [0.25, 0.3) is 0 Å². The van der Waals surface area contributed by atoms with E-state index in [0.29, 0.717) is 17.0 Å². The van der Waals surface area contributed by atoms with Crippen LogP contribution in [0.1, 0.15) is 11.3 Å². The third kappa shape index (κ3) is 2.60. The number of aromatic nitrogens is 1. The lowest BCUT2D eigenvalue weighted by molar-refractivity contribution is 0.457. The van der Waals surface area contributed by atoms with E-state index < -0.39 is 0 Å². The number of ether oxygens (including phenoxy) is 1. The van der Waals surface area contributed by atoms with Crippen LogP contribution in [0.2, 0.25) is 0 Å². The monoisotopic (exact) mass is 303 g/mol. The third-order valence-electron chi connectivity index (χ3n) is 2.28. The Labute approximate surface area is 113 Å². The van der Waals surface area contributed by atoms with Crippen molar-refractivity contribution in [3.05, 3.63) is 46.1 Å². The van der Waals surface area contributed by atoms with E-state index in [2.05, 4.69) is 20.9 Å². The predicted octanol–water partition coefficient (Wildman–Crippen LogP) is 3.40. The largest absolute Gasteiger partial charge is 0.436 e. The number of aryl methyl sites for hydroxylation is 1. The van der Waals surface area contributed by atoms with Crippen LogP contribution in [0, 0.1) is 18.3 Å². The van der Waals surface area contributed by atoms with Crippen molar-refractivity contribution < 1.29 is 4.74 Å². The fraction of sp³-hybridized carbons (Fsp3) is 0.0769. The number of hydrogen-bond acceptors (Lipinski definition) is 4. The quantitative estimate of drug-likeness (QED) is 0.863. The summed E-state index contributed by atoms with van der Waals surface area (Å²) in [4.78, 5) is 4.20. The highest BCUT2D eigenvalue weighted by Gasteiger charge is 2.09. The second kappa shape index (κ2) is 5.07. The summed E-state index contributed by atoms with van der Waals surface area (Å²) >= 11 is 3.36. The summed E-state index contributed by atoms with van der Waals surface area (Å²) in [5.41, 5.74) is 7.44. The van der Waals surface area contributed by atoms with Crippen molar-refractivity contribution in [3.8, 4) is 17.7 Å². The number of rotatable bonds is 2. The predicted molar refractivity (Wildman–Crippen MR) is 72.3 cm³/mol. The summed E-state index contributed by atoms with van der Waals surface area (Å²) in [5.74, 6) is 0.813. The van der Waals surface area contributed by atoms with Crippen LogP contribution in [0.3, 0.4) is 0 Å². The number of benzene rings is 1. The molecular formula is C13H10BrN3O. The molecule has 0 fully saturated rings. The highest BCUT2D eigenvalue weighted by molar-refractivity contribution is 9.10. The molecule has 4 nitrogen and oxygen atoms in total. The highest BCUT2D eigenvalue weighted by atomic mass is 79.9. The number of nitrogens with two attached hydrogens (primary N) is 1. The average molecular weight is 304 g/mol. The Hall–Kier alpha value is -2.06. The highest BCUT2D eigenvalue weighted by Crippen LogP contribution is 2.31. The first-order valence-electron chi connectivity index (χ1n) is 5.21. The van der Waals surface area contributed by atoms with Gasteiger partial charge in [-0.3, -0.25) is 0 Å². The van der Waals surface area contributed by atoms with Crippen LogP contribution in [-0.2, 0) is 0 Å². The number of halogens is 1. The molecule has 0 atom stereocenters. The summed E-state index contributed by atoms with van der Waals surface area (Å²) in [6.45, 7) is 1.84. The topological polar surface area (TPSA) is 71.9 Å². The van der Waals surface area contributed by atoms with Crippen molar-refractivity contribution in [2.45, 2.75) is 6.92 Å². The van der Waals surface area contributed by atoms with Gasteiger partial charge >= 0.3 is 0 Å². The second-order valence-electron chi connectivity index (χ2n) is 3.71. The molecule has 0 aliphatic rings. The molecule has 0 radical (unpaired) electrons. The minimum absolute atomic E-state index is 0.281. The first-order valence-corrected chi connectivity index (χ1v) is 6.00. The van der Waals surface area contributed by atoms with Crippen molar-refractivity contribution >= 4 is 21.6 Å². The van der Waals surface area contributed by atoms with Crippen molar-refractivity contribution in [1.82, 2.24) is 4.98 Å². The van der Waals surface area contributed by atoms with E-state index in [4.69, 9.17) is 15.7 Å². The fourth-order valence-corrected chi connectivity index (χ4v) is 1.73. The molecule has 0 saturated carbocycles. The lowest BCUT2D eigenvalue weighted by Crippen LogP contribution is -1.95. The summed E-state index contributed by atoms with van der Waals surface area (Å²) in [6.07, 6.45) is 0. The molecular weight excluding hydrogens is 294 g/mol. The molecule has 1 heterocycles. The Morgan fingerprint density at radius 2 is 2.11 bits per heavy atom. The zero-order valence-electron chi connectivity index (χ0n) is 9.64. The van der Waals surface area contributed by atoms with Gasteiger partial charge in [0.2, 0.25) is 5.88 Å². The lowest BCUT2D eigenvalue weighted by atomic mass is 10.2. The summed E-state index contributed by atoms with van der Waals surface area (Å²) < 4.78 is 6.39. The minimum atomic E-state index is 0.281. The zero-order valence-corrected chi connectivity index (χ0v) is 11.2. The molecule has 18 heavy (non-hydrogen) atoms. The van der Waals surface area contributed by atoms with E-state index in [0.717, 1.165) is 10.2 Å². The van der Waals surface area contributed by atoms with Gasteiger partial charge in [-0.25, -0.2) is 4.98 Å². The van der Waals surface area contributed by atoms with Gasteiger partial charge < -0.3 is 10.5 Å². The van der Waals surface area contributed by atoms with Crippen LogP contribution in [0.4, 0.5) is 5.69 Å². The standard InChI is InChI=1S/C13H10BrN3O/c1-8-2-3-9(7-15)13(17-8)18-12-6-10(16)4-5-11(12)14/h2-6H,16H2,1H3. The molecule has 0 bridgehead atoms. The number of nitrogen functional groups attached to an aromatic ring is 1. The Morgan fingerprint density at radius 1 is 1.33 bits per heavy atom. The number of pyridine rings is 1. The van der Waals surface area contributed by atoms with Crippen LogP contribution < -0.4 is 10.5 Å². The Kier molecular flexibility index (Phi) is 3.49. The molecule has 2 aromatic rings. The normalized spacial score (nSPS) is 9.83. The fourth-order valence-electron chi connectivity index (χ4n) is 1.40. The Balaban J connectivity index is 2.43. The zero-order chi connectivity index (χ0) is 13.1. The van der Waals surface area contributed by atoms with E-state index in [1.165, 1.54) is 0 Å². The summed E-state index contributed by atoms with van der Waals surface area (Å²) in [7, 11) is 0. The summed E-state index contributed by atoms with van der Waals surface area (Å²) in [5, 5.41) is 9.00. The average Bonchev–Trinajstić information content (AvgIpc) is 2.34. The van der Waals surface area contributed by atoms with Gasteiger partial charge in [0, 0.05) is 17.4 Å². The summed E-state index contributed by atoms with van der Waals surface area (Å²) in [6, 6.07) is 10.7. The SMILES string of the molecule is Cc1ccc(C#N)c(Oc2cc(N)ccc2Br)n1. The van der Waals surface area contributed by atoms with E-state index in [1.807, 2.05) is 13.0 Å². The van der Waals surface area contributed by atoms with Crippen molar-refractivity contribution in [1.29, 1.82) is 5.26 Å². The van der Waals surface area contributed by atoms with Gasteiger partial charge in [-0.15, -0.1) is 0 Å². The van der Waals surface area contributed by atoms with Crippen LogP contribution in [0.15, 0.2) is 34.8 Å². The van der Waals surface area contributed by atoms with E-state index >= 15 is 0 Å². The molecule has 2 N–H and O–H groups in total. The minimum Gasteiger partial charge on any atom is -0.436 e. The molecule has 0 saturated heterocycles. The first kappa shape index (κ1) is 12.4. The molecule has 2 rings (SSSR count). The molecule has 90 valence electrons. The van der Waals surface area contributed by atoms with Crippen LogP contribution in [-0.4, -0.2) is 4.98 Å². The second-order valence-corrected chi connectivity index (χ2v) is 4.56. The first-order chi connectivity index (χ1) is 8.60. The maximum atomic E-state index is 9.00. The van der Waals surface area contributed by atoms with Crippen LogP contribution in [0.25, 0.3) is 0 Å². The molecule has 5 heteroatoms. The van der Waals surface area contributed by atoms with E-state index in [9.17, 15) is 0 Å². The number of nitrogens with zero attached hydrogens (tertiary/aromatic N) is 2. The Morgan fingerprint density at radius 3 is 2.83 bits per heavy atom. The lowest BCUT2D eigenvalue weighted by Gasteiger charge is -2.09. The van der Waals surface area contributed by atoms with Gasteiger partial charge in [-0.05, 0) is 47.1 Å². The molecule has 1 aromatic heterocycles. The number of anilines is 1. The van der Waals surface area contributed by atoms with Gasteiger partial charge in [-0.2, -0.15) is 5.26 Å². The number of nitriles is 1. The van der Waals surface area contributed by atoms with Gasteiger partial charge in [0.1, 0.15) is 17.4 Å². The van der Waals surface area contributed by atoms with Gasteiger partial charge in [-0.1, -0.05) is 0 Å². The smallest absolute Gasteiger partial charge is 0.237 e. The van der Waals surface area contributed by atoms with Crippen molar-refractivity contribution in [3.63, 3.8) is 0 Å². The van der Waals surface area contributed by atoms with Gasteiger partial charge in [0.15, 0.2) is 0 Å². The molecule has 0 aliphatic heterocycles. The maximum absolute atomic E-state index is 9.00.